The summed E-state index contributed by atoms with van der Waals surface area (Å²) >= 11 is 1.47. The molecule has 0 bridgehead atoms. The molecule has 3 rings (SSSR count). The van der Waals surface area contributed by atoms with Gasteiger partial charge in [0.25, 0.3) is 5.91 Å². The van der Waals surface area contributed by atoms with Gasteiger partial charge in [-0.3, -0.25) is 4.79 Å². The van der Waals surface area contributed by atoms with Crippen molar-refractivity contribution in [3.8, 4) is 0 Å². The van der Waals surface area contributed by atoms with Crippen LogP contribution in [0.25, 0.3) is 0 Å². The highest BCUT2D eigenvalue weighted by atomic mass is 32.1. The smallest absolute Gasteiger partial charge is 0.273 e. The first kappa shape index (κ1) is 16.9. The molecule has 128 valence electrons. The zero-order valence-corrected chi connectivity index (χ0v) is 15.0. The largest absolute Gasteiger partial charge is 0.375 e. The van der Waals surface area contributed by atoms with E-state index < -0.39 is 0 Å². The molecule has 0 saturated carbocycles. The first-order valence-electron chi connectivity index (χ1n) is 8.54. The lowest BCUT2D eigenvalue weighted by Gasteiger charge is -2.46. The van der Waals surface area contributed by atoms with E-state index in [-0.39, 0.29) is 11.5 Å². The molecule has 2 saturated heterocycles. The van der Waals surface area contributed by atoms with E-state index in [0.717, 1.165) is 51.4 Å². The Labute approximate surface area is 142 Å². The van der Waals surface area contributed by atoms with Crippen LogP contribution in [0.15, 0.2) is 10.9 Å². The molecule has 1 aromatic heterocycles. The Morgan fingerprint density at radius 1 is 1.48 bits per heavy atom. The summed E-state index contributed by atoms with van der Waals surface area (Å²) in [5.41, 5.74) is 2.31. The quantitative estimate of drug-likeness (QED) is 0.847. The molecule has 0 aromatic carbocycles. The van der Waals surface area contributed by atoms with Gasteiger partial charge in [-0.15, -0.1) is 11.3 Å². The Morgan fingerprint density at radius 2 is 2.26 bits per heavy atom. The van der Waals surface area contributed by atoms with Crippen LogP contribution < -0.4 is 0 Å². The van der Waals surface area contributed by atoms with Crippen molar-refractivity contribution in [2.24, 2.45) is 5.92 Å². The van der Waals surface area contributed by atoms with E-state index in [2.05, 4.69) is 24.0 Å². The molecule has 1 unspecified atom stereocenters. The zero-order valence-electron chi connectivity index (χ0n) is 14.2. The second-order valence-electron chi connectivity index (χ2n) is 7.15. The van der Waals surface area contributed by atoms with Crippen LogP contribution in [0.2, 0.25) is 0 Å². The molecule has 0 radical (unpaired) electrons. The van der Waals surface area contributed by atoms with Crippen LogP contribution in [-0.2, 0) is 4.74 Å². The molecule has 2 fully saturated rings. The fraction of sp³-hybridized carbons (Fsp3) is 0.765. The van der Waals surface area contributed by atoms with Crippen LogP contribution in [0.5, 0.6) is 0 Å². The van der Waals surface area contributed by atoms with E-state index in [9.17, 15) is 4.79 Å². The van der Waals surface area contributed by atoms with Crippen LogP contribution in [0.1, 0.15) is 42.6 Å². The number of likely N-dealkylation sites (tertiary alicyclic amines) is 1. The number of rotatable bonds is 4. The van der Waals surface area contributed by atoms with Gasteiger partial charge < -0.3 is 14.5 Å². The summed E-state index contributed by atoms with van der Waals surface area (Å²) < 4.78 is 6.20. The molecular formula is C17H27N3O2S. The average molecular weight is 337 g/mol. The van der Waals surface area contributed by atoms with Gasteiger partial charge in [-0.1, -0.05) is 0 Å². The lowest BCUT2D eigenvalue weighted by Crippen LogP contribution is -2.51. The first-order chi connectivity index (χ1) is 11.1. The SMILES string of the molecule is CN(C)CCC1CCOC2(CCN(C(=O)c3cscn3)CC2)C1. The van der Waals surface area contributed by atoms with Gasteiger partial charge in [0.1, 0.15) is 5.69 Å². The topological polar surface area (TPSA) is 45.7 Å². The predicted molar refractivity (Wildman–Crippen MR) is 91.8 cm³/mol. The highest BCUT2D eigenvalue weighted by Gasteiger charge is 2.41. The van der Waals surface area contributed by atoms with Crippen LogP contribution in [0.4, 0.5) is 0 Å². The summed E-state index contributed by atoms with van der Waals surface area (Å²) in [6.45, 7) is 3.60. The van der Waals surface area contributed by atoms with Gasteiger partial charge in [0.05, 0.1) is 11.1 Å². The number of nitrogens with zero attached hydrogens (tertiary/aromatic N) is 3. The van der Waals surface area contributed by atoms with E-state index in [1.165, 1.54) is 24.2 Å². The van der Waals surface area contributed by atoms with Gasteiger partial charge in [0, 0.05) is 25.1 Å². The van der Waals surface area contributed by atoms with Crippen LogP contribution in [0.3, 0.4) is 0 Å². The molecule has 23 heavy (non-hydrogen) atoms. The summed E-state index contributed by atoms with van der Waals surface area (Å²) in [6, 6.07) is 0. The van der Waals surface area contributed by atoms with Crippen molar-refractivity contribution in [3.63, 3.8) is 0 Å². The summed E-state index contributed by atoms with van der Waals surface area (Å²) in [5.74, 6) is 0.827. The Bertz CT molecular complexity index is 510. The van der Waals surface area contributed by atoms with Crippen molar-refractivity contribution in [2.45, 2.75) is 37.7 Å². The van der Waals surface area contributed by atoms with E-state index in [4.69, 9.17) is 4.74 Å². The Kier molecular flexibility index (Phi) is 5.34. The number of ether oxygens (including phenoxy) is 1. The Balaban J connectivity index is 1.54. The van der Waals surface area contributed by atoms with Gasteiger partial charge in [0.2, 0.25) is 0 Å². The second-order valence-corrected chi connectivity index (χ2v) is 7.87. The van der Waals surface area contributed by atoms with Crippen molar-refractivity contribution in [3.05, 3.63) is 16.6 Å². The van der Waals surface area contributed by atoms with Crippen molar-refractivity contribution >= 4 is 17.2 Å². The number of carbonyl (C=O) groups is 1. The predicted octanol–water partition coefficient (Wildman–Crippen LogP) is 2.50. The lowest BCUT2D eigenvalue weighted by molar-refractivity contribution is -0.124. The van der Waals surface area contributed by atoms with Gasteiger partial charge in [-0.25, -0.2) is 4.98 Å². The van der Waals surface area contributed by atoms with E-state index >= 15 is 0 Å². The summed E-state index contributed by atoms with van der Waals surface area (Å²) in [4.78, 5) is 20.7. The molecule has 0 N–H and O–H groups in total. The standard InChI is InChI=1S/C17H27N3O2S/c1-19(2)7-3-14-4-10-22-17(11-14)5-8-20(9-6-17)16(21)15-12-23-13-18-15/h12-14H,3-11H2,1-2H3. The van der Waals surface area contributed by atoms with E-state index in [1.54, 1.807) is 5.51 Å². The van der Waals surface area contributed by atoms with Crippen LogP contribution in [-0.4, -0.2) is 66.6 Å². The minimum absolute atomic E-state index is 0.00802. The highest BCUT2D eigenvalue weighted by Crippen LogP contribution is 2.39. The third kappa shape index (κ3) is 4.11. The number of hydrogen-bond donors (Lipinski definition) is 0. The van der Waals surface area contributed by atoms with Gasteiger partial charge in [-0.05, 0) is 58.7 Å². The van der Waals surface area contributed by atoms with Crippen LogP contribution in [0, 0.1) is 5.92 Å². The number of hydrogen-bond acceptors (Lipinski definition) is 5. The number of carbonyl (C=O) groups excluding carboxylic acids is 1. The first-order valence-corrected chi connectivity index (χ1v) is 9.48. The number of thiazole rings is 1. The second kappa shape index (κ2) is 7.28. The normalized spacial score (nSPS) is 24.3. The van der Waals surface area contributed by atoms with Crippen molar-refractivity contribution in [1.82, 2.24) is 14.8 Å². The molecule has 5 nitrogen and oxygen atoms in total. The number of aromatic nitrogens is 1. The highest BCUT2D eigenvalue weighted by molar-refractivity contribution is 7.07. The minimum Gasteiger partial charge on any atom is -0.375 e. The third-order valence-corrected chi connectivity index (χ3v) is 5.78. The van der Waals surface area contributed by atoms with Crippen LogP contribution >= 0.6 is 11.3 Å². The summed E-state index contributed by atoms with van der Waals surface area (Å²) in [5, 5.41) is 1.83. The van der Waals surface area contributed by atoms with Gasteiger partial charge in [-0.2, -0.15) is 0 Å². The molecular weight excluding hydrogens is 310 g/mol. The Morgan fingerprint density at radius 3 is 2.91 bits per heavy atom. The van der Waals surface area contributed by atoms with E-state index in [1.807, 2.05) is 10.3 Å². The summed E-state index contributed by atoms with van der Waals surface area (Å²) in [6.07, 6.45) is 5.50. The molecule has 6 heteroatoms. The Hall–Kier alpha value is -0.980. The van der Waals surface area contributed by atoms with Gasteiger partial charge >= 0.3 is 0 Å². The molecule has 1 amide bonds. The number of piperidine rings is 1. The minimum atomic E-state index is 0.00802. The maximum atomic E-state index is 12.4. The molecule has 3 heterocycles. The van der Waals surface area contributed by atoms with Crippen molar-refractivity contribution in [1.29, 1.82) is 0 Å². The third-order valence-electron chi connectivity index (χ3n) is 5.19. The fourth-order valence-corrected chi connectivity index (χ4v) is 4.29. The van der Waals surface area contributed by atoms with E-state index in [0.29, 0.717) is 5.69 Å². The fourth-order valence-electron chi connectivity index (χ4n) is 3.76. The zero-order chi connectivity index (χ0) is 16.3. The molecule has 2 aliphatic rings. The molecule has 1 aromatic rings. The van der Waals surface area contributed by atoms with Crippen molar-refractivity contribution in [2.75, 3.05) is 40.3 Å². The lowest BCUT2D eigenvalue weighted by atomic mass is 9.78. The molecule has 2 aliphatic heterocycles. The summed E-state index contributed by atoms with van der Waals surface area (Å²) in [7, 11) is 4.27. The monoisotopic (exact) mass is 337 g/mol. The molecule has 1 spiro atoms. The van der Waals surface area contributed by atoms with Crippen molar-refractivity contribution < 1.29 is 9.53 Å². The average Bonchev–Trinajstić information content (AvgIpc) is 3.08. The number of amides is 1. The maximum Gasteiger partial charge on any atom is 0.273 e. The van der Waals surface area contributed by atoms with Gasteiger partial charge in [0.15, 0.2) is 0 Å². The molecule has 1 atom stereocenters. The maximum absolute atomic E-state index is 12.4. The molecule has 0 aliphatic carbocycles.